The van der Waals surface area contributed by atoms with Gasteiger partial charge in [-0.05, 0) is 31.0 Å². The molecule has 2 aromatic rings. The quantitative estimate of drug-likeness (QED) is 0.616. The van der Waals surface area contributed by atoms with Crippen molar-refractivity contribution in [2.24, 2.45) is 0 Å². The van der Waals surface area contributed by atoms with Crippen LogP contribution in [-0.2, 0) is 20.7 Å². The normalized spacial score (nSPS) is 18.1. The summed E-state index contributed by atoms with van der Waals surface area (Å²) in [5.41, 5.74) is 3.04. The van der Waals surface area contributed by atoms with Gasteiger partial charge in [0.1, 0.15) is 0 Å². The first-order valence-corrected chi connectivity index (χ1v) is 9.35. The summed E-state index contributed by atoms with van der Waals surface area (Å²) in [6.07, 6.45) is 2.01. The average Bonchev–Trinajstić information content (AvgIpc) is 2.57. The second-order valence-electron chi connectivity index (χ2n) is 5.95. The van der Waals surface area contributed by atoms with Crippen LogP contribution in [0.1, 0.15) is 22.9 Å². The number of aryl methyl sites for hydroxylation is 1. The van der Waals surface area contributed by atoms with E-state index < -0.39 is 16.3 Å². The van der Waals surface area contributed by atoms with E-state index in [2.05, 4.69) is 6.58 Å². The first kappa shape index (κ1) is 16.9. The standard InChI is InChI=1S/C19H21NO3S/c1-3-13-20-14-12-16-6-4-5-7-18(16)19(20)23-24(21,22)17-10-8-15(2)9-11-17/h3-11,19H,1,12-14H2,2H3. The van der Waals surface area contributed by atoms with Crippen LogP contribution in [0, 0.1) is 6.92 Å². The Morgan fingerprint density at radius 3 is 2.62 bits per heavy atom. The largest absolute Gasteiger partial charge is 0.298 e. The fraction of sp³-hybridized carbons (Fsp3) is 0.263. The molecule has 0 fully saturated rings. The van der Waals surface area contributed by atoms with E-state index in [0.29, 0.717) is 6.54 Å². The van der Waals surface area contributed by atoms with Gasteiger partial charge < -0.3 is 0 Å². The van der Waals surface area contributed by atoms with E-state index in [4.69, 9.17) is 4.18 Å². The summed E-state index contributed by atoms with van der Waals surface area (Å²) in [5.74, 6) is 0. The van der Waals surface area contributed by atoms with Crippen molar-refractivity contribution in [2.45, 2.75) is 24.5 Å². The fourth-order valence-corrected chi connectivity index (χ4v) is 3.97. The molecule has 0 saturated heterocycles. The molecule has 2 aromatic carbocycles. The van der Waals surface area contributed by atoms with Gasteiger partial charge in [0.15, 0.2) is 6.23 Å². The zero-order chi connectivity index (χ0) is 17.2. The Hall–Kier alpha value is -1.95. The number of hydrogen-bond acceptors (Lipinski definition) is 4. The molecule has 0 aliphatic carbocycles. The van der Waals surface area contributed by atoms with E-state index in [0.717, 1.165) is 29.7 Å². The first-order chi connectivity index (χ1) is 11.5. The smallest absolute Gasteiger partial charge is 0.269 e. The highest BCUT2D eigenvalue weighted by molar-refractivity contribution is 7.86. The van der Waals surface area contributed by atoms with Gasteiger partial charge >= 0.3 is 0 Å². The summed E-state index contributed by atoms with van der Waals surface area (Å²) in [4.78, 5) is 2.16. The fourth-order valence-electron chi connectivity index (χ4n) is 2.93. The Labute approximate surface area is 143 Å². The summed E-state index contributed by atoms with van der Waals surface area (Å²) in [6.45, 7) is 6.99. The molecule has 0 spiro atoms. The molecule has 1 atom stereocenters. The van der Waals surface area contributed by atoms with Gasteiger partial charge in [-0.15, -0.1) is 6.58 Å². The van der Waals surface area contributed by atoms with Crippen LogP contribution < -0.4 is 0 Å². The predicted molar refractivity (Wildman–Crippen MR) is 94.1 cm³/mol. The summed E-state index contributed by atoms with van der Waals surface area (Å²) in [6, 6.07) is 14.5. The second-order valence-corrected chi connectivity index (χ2v) is 7.52. The zero-order valence-electron chi connectivity index (χ0n) is 13.7. The monoisotopic (exact) mass is 343 g/mol. The lowest BCUT2D eigenvalue weighted by Gasteiger charge is -2.35. The number of rotatable bonds is 5. The Kier molecular flexibility index (Phi) is 4.85. The van der Waals surface area contributed by atoms with Crippen molar-refractivity contribution in [1.29, 1.82) is 0 Å². The average molecular weight is 343 g/mol. The van der Waals surface area contributed by atoms with Crippen molar-refractivity contribution < 1.29 is 12.6 Å². The van der Waals surface area contributed by atoms with Crippen molar-refractivity contribution in [3.05, 3.63) is 77.9 Å². The molecule has 1 unspecified atom stereocenters. The highest BCUT2D eigenvalue weighted by Gasteiger charge is 2.32. The Morgan fingerprint density at radius 1 is 1.21 bits per heavy atom. The van der Waals surface area contributed by atoms with E-state index in [1.165, 1.54) is 0 Å². The minimum Gasteiger partial charge on any atom is -0.269 e. The molecule has 24 heavy (non-hydrogen) atoms. The van der Waals surface area contributed by atoms with Crippen LogP contribution in [0.5, 0.6) is 0 Å². The molecular formula is C19H21NO3S. The third-order valence-electron chi connectivity index (χ3n) is 4.21. The van der Waals surface area contributed by atoms with Crippen LogP contribution in [0.15, 0.2) is 66.1 Å². The molecule has 0 N–H and O–H groups in total. The van der Waals surface area contributed by atoms with Gasteiger partial charge in [-0.2, -0.15) is 8.42 Å². The van der Waals surface area contributed by atoms with Gasteiger partial charge in [0.2, 0.25) is 0 Å². The zero-order valence-corrected chi connectivity index (χ0v) is 14.5. The molecule has 1 aliphatic heterocycles. The Bertz CT molecular complexity index is 828. The lowest BCUT2D eigenvalue weighted by atomic mass is 9.98. The molecule has 4 nitrogen and oxygen atoms in total. The number of nitrogens with zero attached hydrogens (tertiary/aromatic N) is 1. The SMILES string of the molecule is C=CCN1CCc2ccccc2C1OS(=O)(=O)c1ccc(C)cc1. The van der Waals surface area contributed by atoms with Gasteiger partial charge in [-0.3, -0.25) is 4.90 Å². The molecule has 0 saturated carbocycles. The van der Waals surface area contributed by atoms with Crippen molar-refractivity contribution >= 4 is 10.1 Å². The molecule has 0 aromatic heterocycles. The van der Waals surface area contributed by atoms with E-state index >= 15 is 0 Å². The van der Waals surface area contributed by atoms with Crippen LogP contribution in [0.2, 0.25) is 0 Å². The number of hydrogen-bond donors (Lipinski definition) is 0. The Morgan fingerprint density at radius 2 is 1.92 bits per heavy atom. The van der Waals surface area contributed by atoms with Gasteiger partial charge in [0.05, 0.1) is 4.90 Å². The molecule has 1 heterocycles. The lowest BCUT2D eigenvalue weighted by Crippen LogP contribution is -2.38. The van der Waals surface area contributed by atoms with Crippen LogP contribution in [0.4, 0.5) is 0 Å². The van der Waals surface area contributed by atoms with Crippen LogP contribution in [-0.4, -0.2) is 26.4 Å². The van der Waals surface area contributed by atoms with Gasteiger partial charge in [0.25, 0.3) is 10.1 Å². The van der Waals surface area contributed by atoms with E-state index in [9.17, 15) is 8.42 Å². The van der Waals surface area contributed by atoms with Crippen LogP contribution >= 0.6 is 0 Å². The van der Waals surface area contributed by atoms with E-state index in [1.54, 1.807) is 30.3 Å². The van der Waals surface area contributed by atoms with Gasteiger partial charge in [-0.1, -0.05) is 48.0 Å². The van der Waals surface area contributed by atoms with Crippen molar-refractivity contribution in [3.63, 3.8) is 0 Å². The Balaban J connectivity index is 1.95. The molecule has 126 valence electrons. The molecule has 0 bridgehead atoms. The summed E-state index contributed by atoms with van der Waals surface area (Å²) in [7, 11) is -3.85. The molecule has 0 amide bonds. The predicted octanol–water partition coefficient (Wildman–Crippen LogP) is 3.44. The minimum atomic E-state index is -3.85. The maximum absolute atomic E-state index is 12.7. The van der Waals surface area contributed by atoms with Gasteiger partial charge in [0, 0.05) is 18.7 Å². The minimum absolute atomic E-state index is 0.176. The topological polar surface area (TPSA) is 46.6 Å². The highest BCUT2D eigenvalue weighted by Crippen LogP contribution is 2.33. The highest BCUT2D eigenvalue weighted by atomic mass is 32.2. The van der Waals surface area contributed by atoms with Crippen molar-refractivity contribution in [1.82, 2.24) is 4.90 Å². The maximum atomic E-state index is 12.7. The third kappa shape index (κ3) is 3.43. The third-order valence-corrected chi connectivity index (χ3v) is 5.50. The maximum Gasteiger partial charge on any atom is 0.298 e. The van der Waals surface area contributed by atoms with E-state index in [-0.39, 0.29) is 4.90 Å². The second kappa shape index (κ2) is 6.89. The van der Waals surface area contributed by atoms with Crippen LogP contribution in [0.25, 0.3) is 0 Å². The number of benzene rings is 2. The molecule has 3 rings (SSSR count). The summed E-state index contributed by atoms with van der Waals surface area (Å²) >= 11 is 0. The lowest BCUT2D eigenvalue weighted by molar-refractivity contribution is 0.0294. The molecule has 5 heteroatoms. The summed E-state index contributed by atoms with van der Waals surface area (Å²) in [5, 5.41) is 0. The van der Waals surface area contributed by atoms with Crippen LogP contribution in [0.3, 0.4) is 0 Å². The summed E-state index contributed by atoms with van der Waals surface area (Å²) < 4.78 is 31.0. The molecular weight excluding hydrogens is 322 g/mol. The molecule has 0 radical (unpaired) electrons. The first-order valence-electron chi connectivity index (χ1n) is 7.94. The van der Waals surface area contributed by atoms with E-state index in [1.807, 2.05) is 36.1 Å². The van der Waals surface area contributed by atoms with Crippen molar-refractivity contribution in [2.75, 3.05) is 13.1 Å². The van der Waals surface area contributed by atoms with Crippen molar-refractivity contribution in [3.8, 4) is 0 Å². The van der Waals surface area contributed by atoms with Gasteiger partial charge in [-0.25, -0.2) is 4.18 Å². The number of fused-ring (bicyclic) bond motifs is 1. The molecule has 1 aliphatic rings.